The summed E-state index contributed by atoms with van der Waals surface area (Å²) in [5.74, 6) is 0.836. The van der Waals surface area contributed by atoms with Crippen molar-refractivity contribution in [2.24, 2.45) is 0 Å². The van der Waals surface area contributed by atoms with E-state index in [1.165, 1.54) is 11.1 Å². The van der Waals surface area contributed by atoms with Gasteiger partial charge in [0.05, 0.1) is 18.1 Å². The topological polar surface area (TPSA) is 67.4 Å². The lowest BCUT2D eigenvalue weighted by molar-refractivity contribution is -0.141. The zero-order valence-electron chi connectivity index (χ0n) is 15.7. The number of fused-ring (bicyclic) bond motifs is 2. The molecule has 142 valence electrons. The number of hydrogen-bond donors (Lipinski definition) is 1. The van der Waals surface area contributed by atoms with Crippen LogP contribution in [-0.2, 0) is 21.6 Å². The summed E-state index contributed by atoms with van der Waals surface area (Å²) in [7, 11) is 0. The number of nitrogens with one attached hydrogen (secondary N) is 1. The number of anilines is 1. The highest BCUT2D eigenvalue weighted by molar-refractivity contribution is 5.76. The maximum atomic E-state index is 12.1. The number of carbonyl (C=O) groups is 1. The molecular weight excluding hydrogens is 340 g/mol. The lowest BCUT2D eigenvalue weighted by atomic mass is 9.78. The van der Waals surface area contributed by atoms with Gasteiger partial charge in [0, 0.05) is 32.0 Å². The highest BCUT2D eigenvalue weighted by atomic mass is 16.5. The standard InChI is InChI=1S/C21H26N4O2/c1-2-22-19(26)15-17-14-16-6-3-4-7-18(16)21(27-17)8-12-25(13-9-21)20-23-10-5-11-24-20/h3-7,10-11,17H,2,8-9,12-15H2,1H3,(H,22,26). The first kappa shape index (κ1) is 17.9. The average Bonchev–Trinajstić information content (AvgIpc) is 2.69. The molecule has 1 saturated heterocycles. The number of amides is 1. The van der Waals surface area contributed by atoms with E-state index < -0.39 is 0 Å². The number of aromatic nitrogens is 2. The molecule has 0 radical (unpaired) electrons. The SMILES string of the molecule is CCNC(=O)CC1Cc2ccccc2C2(CCN(c3ncccn3)CC2)O1. The molecule has 1 spiro atoms. The largest absolute Gasteiger partial charge is 0.366 e. The maximum Gasteiger partial charge on any atom is 0.225 e. The van der Waals surface area contributed by atoms with Crippen LogP contribution >= 0.6 is 0 Å². The Balaban J connectivity index is 1.54. The van der Waals surface area contributed by atoms with Gasteiger partial charge in [-0.25, -0.2) is 9.97 Å². The molecule has 1 amide bonds. The third kappa shape index (κ3) is 3.67. The quantitative estimate of drug-likeness (QED) is 0.900. The number of ether oxygens (including phenoxy) is 1. The second kappa shape index (κ2) is 7.64. The molecule has 4 rings (SSSR count). The van der Waals surface area contributed by atoms with Crippen LogP contribution < -0.4 is 10.2 Å². The van der Waals surface area contributed by atoms with Crippen LogP contribution in [0.2, 0.25) is 0 Å². The Bertz CT molecular complexity index is 788. The smallest absolute Gasteiger partial charge is 0.225 e. The van der Waals surface area contributed by atoms with E-state index in [4.69, 9.17) is 4.74 Å². The van der Waals surface area contributed by atoms with Crippen molar-refractivity contribution < 1.29 is 9.53 Å². The van der Waals surface area contributed by atoms with E-state index >= 15 is 0 Å². The van der Waals surface area contributed by atoms with Gasteiger partial charge in [0.1, 0.15) is 0 Å². The monoisotopic (exact) mass is 366 g/mol. The van der Waals surface area contributed by atoms with E-state index in [1.807, 2.05) is 13.0 Å². The van der Waals surface area contributed by atoms with Crippen molar-refractivity contribution in [3.8, 4) is 0 Å². The highest BCUT2D eigenvalue weighted by Gasteiger charge is 2.44. The van der Waals surface area contributed by atoms with Crippen LogP contribution in [0.1, 0.15) is 37.3 Å². The van der Waals surface area contributed by atoms with Gasteiger partial charge >= 0.3 is 0 Å². The van der Waals surface area contributed by atoms with E-state index in [2.05, 4.69) is 44.5 Å². The minimum atomic E-state index is -0.322. The number of hydrogen-bond acceptors (Lipinski definition) is 5. The summed E-state index contributed by atoms with van der Waals surface area (Å²) in [6, 6.07) is 10.4. The molecule has 0 saturated carbocycles. The Morgan fingerprint density at radius 1 is 1.22 bits per heavy atom. The molecule has 6 heteroatoms. The second-order valence-corrected chi connectivity index (χ2v) is 7.29. The molecule has 1 unspecified atom stereocenters. The summed E-state index contributed by atoms with van der Waals surface area (Å²) < 4.78 is 6.61. The molecule has 0 aliphatic carbocycles. The van der Waals surface area contributed by atoms with Crippen LogP contribution in [0, 0.1) is 0 Å². The fourth-order valence-corrected chi connectivity index (χ4v) is 4.31. The normalized spacial score (nSPS) is 20.9. The van der Waals surface area contributed by atoms with Crippen LogP contribution in [0.4, 0.5) is 5.95 Å². The summed E-state index contributed by atoms with van der Waals surface area (Å²) in [5, 5.41) is 2.89. The number of benzene rings is 1. The van der Waals surface area contributed by atoms with Crippen molar-refractivity contribution in [3.63, 3.8) is 0 Å². The molecule has 2 aromatic rings. The van der Waals surface area contributed by atoms with Crippen LogP contribution in [-0.4, -0.2) is 41.6 Å². The first-order valence-electron chi connectivity index (χ1n) is 9.75. The molecule has 2 aliphatic rings. The van der Waals surface area contributed by atoms with Gasteiger partial charge in [-0.2, -0.15) is 0 Å². The van der Waals surface area contributed by atoms with Gasteiger partial charge in [-0.15, -0.1) is 0 Å². The Morgan fingerprint density at radius 3 is 2.70 bits per heavy atom. The van der Waals surface area contributed by atoms with Gasteiger partial charge in [-0.1, -0.05) is 24.3 Å². The van der Waals surface area contributed by atoms with Crippen LogP contribution in [0.3, 0.4) is 0 Å². The molecule has 1 N–H and O–H groups in total. The van der Waals surface area contributed by atoms with Gasteiger partial charge in [-0.3, -0.25) is 4.79 Å². The lowest BCUT2D eigenvalue weighted by Gasteiger charge is -2.47. The fraction of sp³-hybridized carbons (Fsp3) is 0.476. The van der Waals surface area contributed by atoms with Crippen molar-refractivity contribution in [1.82, 2.24) is 15.3 Å². The van der Waals surface area contributed by atoms with Gasteiger partial charge < -0.3 is 15.0 Å². The minimum Gasteiger partial charge on any atom is -0.366 e. The Kier molecular flexibility index (Phi) is 5.07. The zero-order chi connectivity index (χ0) is 18.7. The van der Waals surface area contributed by atoms with Gasteiger partial charge in [0.2, 0.25) is 11.9 Å². The van der Waals surface area contributed by atoms with Crippen LogP contribution in [0.25, 0.3) is 0 Å². The predicted molar refractivity (Wildman–Crippen MR) is 103 cm³/mol. The number of nitrogens with zero attached hydrogens (tertiary/aromatic N) is 3. The third-order valence-corrected chi connectivity index (χ3v) is 5.54. The number of piperidine rings is 1. The Morgan fingerprint density at radius 2 is 1.96 bits per heavy atom. The van der Waals surface area contributed by atoms with Crippen molar-refractivity contribution in [2.75, 3.05) is 24.5 Å². The summed E-state index contributed by atoms with van der Waals surface area (Å²) in [6.07, 6.45) is 6.42. The van der Waals surface area contributed by atoms with E-state index in [1.54, 1.807) is 12.4 Å². The summed E-state index contributed by atoms with van der Waals surface area (Å²) in [4.78, 5) is 23.1. The van der Waals surface area contributed by atoms with E-state index in [0.29, 0.717) is 13.0 Å². The predicted octanol–water partition coefficient (Wildman–Crippen LogP) is 2.44. The first-order chi connectivity index (χ1) is 13.2. The van der Waals surface area contributed by atoms with Crippen LogP contribution in [0.5, 0.6) is 0 Å². The molecule has 1 aromatic heterocycles. The fourth-order valence-electron chi connectivity index (χ4n) is 4.31. The van der Waals surface area contributed by atoms with Gasteiger partial charge in [-0.05, 0) is 43.4 Å². The summed E-state index contributed by atoms with van der Waals surface area (Å²) in [5.41, 5.74) is 2.27. The Labute approximate surface area is 160 Å². The molecule has 1 aromatic carbocycles. The maximum absolute atomic E-state index is 12.1. The first-order valence-corrected chi connectivity index (χ1v) is 9.75. The van der Waals surface area contributed by atoms with Gasteiger partial charge in [0.25, 0.3) is 0 Å². The summed E-state index contributed by atoms with van der Waals surface area (Å²) in [6.45, 7) is 4.27. The number of carbonyl (C=O) groups excluding carboxylic acids is 1. The molecule has 2 aliphatic heterocycles. The van der Waals surface area contributed by atoms with Gasteiger partial charge in [0.15, 0.2) is 0 Å². The molecule has 3 heterocycles. The number of rotatable bonds is 4. The van der Waals surface area contributed by atoms with E-state index in [9.17, 15) is 4.79 Å². The van der Waals surface area contributed by atoms with E-state index in [-0.39, 0.29) is 17.6 Å². The van der Waals surface area contributed by atoms with Crippen molar-refractivity contribution in [2.45, 2.75) is 44.3 Å². The van der Waals surface area contributed by atoms with Crippen molar-refractivity contribution in [1.29, 1.82) is 0 Å². The summed E-state index contributed by atoms with van der Waals surface area (Å²) >= 11 is 0. The lowest BCUT2D eigenvalue weighted by Crippen LogP contribution is -2.50. The second-order valence-electron chi connectivity index (χ2n) is 7.29. The Hall–Kier alpha value is -2.47. The molecule has 27 heavy (non-hydrogen) atoms. The van der Waals surface area contributed by atoms with Crippen molar-refractivity contribution >= 4 is 11.9 Å². The average molecular weight is 366 g/mol. The van der Waals surface area contributed by atoms with Crippen LogP contribution in [0.15, 0.2) is 42.7 Å². The molecule has 0 bridgehead atoms. The molecular formula is C21H26N4O2. The molecule has 6 nitrogen and oxygen atoms in total. The third-order valence-electron chi connectivity index (χ3n) is 5.54. The van der Waals surface area contributed by atoms with E-state index in [0.717, 1.165) is 38.3 Å². The zero-order valence-corrected chi connectivity index (χ0v) is 15.7. The molecule has 1 atom stereocenters. The molecule has 1 fully saturated rings. The minimum absolute atomic E-state index is 0.0622. The van der Waals surface area contributed by atoms with Crippen molar-refractivity contribution in [3.05, 3.63) is 53.9 Å². The highest BCUT2D eigenvalue weighted by Crippen LogP contribution is 2.44.